The first-order valence-electron chi connectivity index (χ1n) is 9.84. The van der Waals surface area contributed by atoms with Crippen molar-refractivity contribution in [2.24, 2.45) is 10.9 Å². The molecule has 2 rings (SSSR count). The Balaban J connectivity index is 1.76. The number of piperidine rings is 1. The largest absolute Gasteiger partial charge is 0.496 e. The standard InChI is InChI=1S/C20H31F3N4O/c1-3-24-19(26-14-17-6-4-5-7-18(17)28-2)25-11-8-16-9-12-27(13-10-16)15-20(21,22)23/h4-7,16H,3,8-15H2,1-2H3,(H2,24,25,26). The van der Waals surface area contributed by atoms with E-state index in [1.165, 1.54) is 4.90 Å². The molecule has 1 aromatic carbocycles. The number of aliphatic imine (C=N–C) groups is 1. The first-order valence-corrected chi connectivity index (χ1v) is 9.84. The van der Waals surface area contributed by atoms with Gasteiger partial charge in [0.05, 0.1) is 20.2 Å². The Morgan fingerprint density at radius 1 is 1.21 bits per heavy atom. The van der Waals surface area contributed by atoms with Gasteiger partial charge in [0.15, 0.2) is 5.96 Å². The molecule has 0 aromatic heterocycles. The van der Waals surface area contributed by atoms with E-state index >= 15 is 0 Å². The van der Waals surface area contributed by atoms with Crippen LogP contribution in [0.1, 0.15) is 31.7 Å². The van der Waals surface area contributed by atoms with E-state index in [1.54, 1.807) is 7.11 Å². The van der Waals surface area contributed by atoms with Crippen LogP contribution in [-0.2, 0) is 6.54 Å². The Morgan fingerprint density at radius 2 is 1.93 bits per heavy atom. The molecule has 0 saturated carbocycles. The molecule has 0 aliphatic carbocycles. The lowest BCUT2D eigenvalue weighted by molar-refractivity contribution is -0.148. The zero-order chi connectivity index (χ0) is 20.4. The molecule has 28 heavy (non-hydrogen) atoms. The highest BCUT2D eigenvalue weighted by molar-refractivity contribution is 5.79. The number of rotatable bonds is 8. The summed E-state index contributed by atoms with van der Waals surface area (Å²) >= 11 is 0. The van der Waals surface area contributed by atoms with Crippen molar-refractivity contribution >= 4 is 5.96 Å². The monoisotopic (exact) mass is 400 g/mol. The van der Waals surface area contributed by atoms with E-state index in [-0.39, 0.29) is 0 Å². The quantitative estimate of drug-likeness (QED) is 0.519. The van der Waals surface area contributed by atoms with Crippen LogP contribution in [0.5, 0.6) is 5.75 Å². The molecular weight excluding hydrogens is 369 g/mol. The number of hydrogen-bond acceptors (Lipinski definition) is 3. The van der Waals surface area contributed by atoms with Crippen LogP contribution in [0.25, 0.3) is 0 Å². The third-order valence-electron chi connectivity index (χ3n) is 4.90. The van der Waals surface area contributed by atoms with Crippen LogP contribution in [0.3, 0.4) is 0 Å². The van der Waals surface area contributed by atoms with Crippen molar-refractivity contribution in [1.82, 2.24) is 15.5 Å². The number of alkyl halides is 3. The first-order chi connectivity index (χ1) is 13.4. The van der Waals surface area contributed by atoms with Crippen LogP contribution in [0.2, 0.25) is 0 Å². The van der Waals surface area contributed by atoms with Crippen molar-refractivity contribution < 1.29 is 17.9 Å². The second-order valence-corrected chi connectivity index (χ2v) is 7.06. The van der Waals surface area contributed by atoms with Gasteiger partial charge in [0.2, 0.25) is 0 Å². The minimum atomic E-state index is -4.10. The maximum Gasteiger partial charge on any atom is 0.401 e. The fourth-order valence-corrected chi connectivity index (χ4v) is 3.42. The van der Waals surface area contributed by atoms with Gasteiger partial charge in [0, 0.05) is 18.7 Å². The zero-order valence-corrected chi connectivity index (χ0v) is 16.7. The van der Waals surface area contributed by atoms with Crippen LogP contribution in [-0.4, -0.2) is 56.9 Å². The lowest BCUT2D eigenvalue weighted by atomic mass is 9.93. The van der Waals surface area contributed by atoms with Crippen molar-refractivity contribution in [1.29, 1.82) is 0 Å². The SMILES string of the molecule is CCNC(=NCc1ccccc1OC)NCCC1CCN(CC(F)(F)F)CC1. The summed E-state index contributed by atoms with van der Waals surface area (Å²) in [5, 5.41) is 6.56. The molecule has 1 saturated heterocycles. The van der Waals surface area contributed by atoms with E-state index in [2.05, 4.69) is 15.6 Å². The normalized spacial score (nSPS) is 16.8. The van der Waals surface area contributed by atoms with Gasteiger partial charge in [-0.3, -0.25) is 4.90 Å². The Hall–Kier alpha value is -1.96. The van der Waals surface area contributed by atoms with Crippen molar-refractivity contribution in [3.05, 3.63) is 29.8 Å². The summed E-state index contributed by atoms with van der Waals surface area (Å²) in [7, 11) is 1.64. The smallest absolute Gasteiger partial charge is 0.401 e. The summed E-state index contributed by atoms with van der Waals surface area (Å²) in [5.74, 6) is 2.00. The number of guanidine groups is 1. The van der Waals surface area contributed by atoms with Gasteiger partial charge in [-0.2, -0.15) is 13.2 Å². The molecule has 1 aliphatic heterocycles. The third kappa shape index (κ3) is 7.96. The summed E-state index contributed by atoms with van der Waals surface area (Å²) in [4.78, 5) is 6.11. The van der Waals surface area contributed by atoms with Crippen LogP contribution in [0.15, 0.2) is 29.3 Å². The summed E-state index contributed by atoms with van der Waals surface area (Å²) in [6, 6.07) is 7.78. The van der Waals surface area contributed by atoms with Gasteiger partial charge in [0.25, 0.3) is 0 Å². The molecule has 1 heterocycles. The maximum absolute atomic E-state index is 12.5. The van der Waals surface area contributed by atoms with E-state index in [0.717, 1.165) is 49.6 Å². The maximum atomic E-state index is 12.5. The van der Waals surface area contributed by atoms with Gasteiger partial charge in [0.1, 0.15) is 5.75 Å². The number of hydrogen-bond donors (Lipinski definition) is 2. The third-order valence-corrected chi connectivity index (χ3v) is 4.90. The molecular formula is C20H31F3N4O. The summed E-state index contributed by atoms with van der Waals surface area (Å²) in [6.45, 7) is 4.28. The zero-order valence-electron chi connectivity index (χ0n) is 16.7. The second-order valence-electron chi connectivity index (χ2n) is 7.06. The molecule has 1 fully saturated rings. The molecule has 5 nitrogen and oxygen atoms in total. The van der Waals surface area contributed by atoms with Crippen molar-refractivity contribution in [3.8, 4) is 5.75 Å². The Bertz CT molecular complexity index is 614. The lowest BCUT2D eigenvalue weighted by Crippen LogP contribution is -2.41. The second kappa shape index (κ2) is 11.1. The molecule has 0 unspecified atom stereocenters. The van der Waals surface area contributed by atoms with E-state index in [1.807, 2.05) is 31.2 Å². The minimum Gasteiger partial charge on any atom is -0.496 e. The Morgan fingerprint density at radius 3 is 2.57 bits per heavy atom. The van der Waals surface area contributed by atoms with Gasteiger partial charge < -0.3 is 15.4 Å². The Labute approximate surface area is 165 Å². The number of benzene rings is 1. The molecule has 8 heteroatoms. The van der Waals surface area contributed by atoms with Crippen LogP contribution in [0, 0.1) is 5.92 Å². The van der Waals surface area contributed by atoms with Gasteiger partial charge in [-0.25, -0.2) is 4.99 Å². The van der Waals surface area contributed by atoms with Crippen molar-refractivity contribution in [2.45, 2.75) is 38.9 Å². The highest BCUT2D eigenvalue weighted by Crippen LogP contribution is 2.24. The fraction of sp³-hybridized carbons (Fsp3) is 0.650. The van der Waals surface area contributed by atoms with Crippen molar-refractivity contribution in [2.75, 3.05) is 39.8 Å². The van der Waals surface area contributed by atoms with E-state index in [9.17, 15) is 13.2 Å². The predicted molar refractivity (Wildman–Crippen MR) is 106 cm³/mol. The summed E-state index contributed by atoms with van der Waals surface area (Å²) in [5.41, 5.74) is 1.01. The average Bonchev–Trinajstić information content (AvgIpc) is 2.66. The summed E-state index contributed by atoms with van der Waals surface area (Å²) in [6.07, 6.45) is -1.55. The number of methoxy groups -OCH3 is 1. The number of para-hydroxylation sites is 1. The topological polar surface area (TPSA) is 48.9 Å². The average molecular weight is 400 g/mol. The minimum absolute atomic E-state index is 0.453. The molecule has 2 N–H and O–H groups in total. The lowest BCUT2D eigenvalue weighted by Gasteiger charge is -2.32. The molecule has 0 bridgehead atoms. The molecule has 1 aromatic rings. The van der Waals surface area contributed by atoms with Gasteiger partial charge in [-0.05, 0) is 51.3 Å². The Kier molecular flexibility index (Phi) is 8.89. The van der Waals surface area contributed by atoms with Gasteiger partial charge >= 0.3 is 6.18 Å². The molecule has 0 radical (unpaired) electrons. The predicted octanol–water partition coefficient (Wildman–Crippen LogP) is 3.41. The van der Waals surface area contributed by atoms with Crippen LogP contribution >= 0.6 is 0 Å². The number of ether oxygens (including phenoxy) is 1. The highest BCUT2D eigenvalue weighted by Gasteiger charge is 2.32. The number of nitrogens with one attached hydrogen (secondary N) is 2. The first kappa shape index (κ1) is 22.3. The molecule has 158 valence electrons. The van der Waals surface area contributed by atoms with Crippen LogP contribution in [0.4, 0.5) is 13.2 Å². The van der Waals surface area contributed by atoms with E-state index in [4.69, 9.17) is 4.74 Å². The molecule has 0 atom stereocenters. The van der Waals surface area contributed by atoms with Crippen molar-refractivity contribution in [3.63, 3.8) is 0 Å². The van der Waals surface area contributed by atoms with E-state index in [0.29, 0.717) is 25.6 Å². The number of halogens is 3. The summed E-state index contributed by atoms with van der Waals surface area (Å²) < 4.78 is 42.7. The molecule has 0 amide bonds. The highest BCUT2D eigenvalue weighted by atomic mass is 19.4. The van der Waals surface area contributed by atoms with E-state index < -0.39 is 12.7 Å². The number of likely N-dealkylation sites (tertiary alicyclic amines) is 1. The van der Waals surface area contributed by atoms with Crippen LogP contribution < -0.4 is 15.4 Å². The van der Waals surface area contributed by atoms with Gasteiger partial charge in [-0.1, -0.05) is 18.2 Å². The fourth-order valence-electron chi connectivity index (χ4n) is 3.42. The molecule has 1 aliphatic rings. The molecule has 0 spiro atoms. The van der Waals surface area contributed by atoms with Gasteiger partial charge in [-0.15, -0.1) is 0 Å². The number of nitrogens with zero attached hydrogens (tertiary/aromatic N) is 2.